The minimum absolute atomic E-state index is 0.521. The maximum Gasteiger partial charge on any atom is 0.0480 e. The van der Waals surface area contributed by atoms with Crippen LogP contribution < -0.4 is 0 Å². The molecule has 0 spiro atoms. The summed E-state index contributed by atoms with van der Waals surface area (Å²) in [6.07, 6.45) is 0. The minimum Gasteiger partial charge on any atom is -0.122 e. The molecular formula is C21H15Cl. The molecule has 22 heavy (non-hydrogen) atoms. The van der Waals surface area contributed by atoms with Crippen LogP contribution in [0.15, 0.2) is 78.9 Å². The Morgan fingerprint density at radius 2 is 1.18 bits per heavy atom. The molecule has 0 radical (unpaired) electrons. The zero-order chi connectivity index (χ0) is 14.9. The molecule has 0 amide bonds. The lowest BCUT2D eigenvalue weighted by atomic mass is 9.95. The fourth-order valence-electron chi connectivity index (χ4n) is 3.02. The molecule has 0 fully saturated rings. The molecule has 0 nitrogen and oxygen atoms in total. The Kier molecular flexibility index (Phi) is 3.32. The highest BCUT2D eigenvalue weighted by molar-refractivity contribution is 6.17. The number of rotatable bonds is 2. The average molecular weight is 303 g/mol. The van der Waals surface area contributed by atoms with Gasteiger partial charge in [-0.1, -0.05) is 60.7 Å². The van der Waals surface area contributed by atoms with Gasteiger partial charge in [0.05, 0.1) is 0 Å². The summed E-state index contributed by atoms with van der Waals surface area (Å²) < 4.78 is 0. The zero-order valence-corrected chi connectivity index (χ0v) is 12.8. The molecule has 0 aromatic heterocycles. The summed E-state index contributed by atoms with van der Waals surface area (Å²) in [5, 5.41) is 5.01. The lowest BCUT2D eigenvalue weighted by Gasteiger charge is -2.11. The van der Waals surface area contributed by atoms with E-state index < -0.39 is 0 Å². The van der Waals surface area contributed by atoms with Crippen LogP contribution in [0.25, 0.3) is 32.7 Å². The van der Waals surface area contributed by atoms with Crippen LogP contribution in [-0.2, 0) is 5.88 Å². The van der Waals surface area contributed by atoms with Crippen molar-refractivity contribution in [2.75, 3.05) is 0 Å². The van der Waals surface area contributed by atoms with Crippen LogP contribution in [0, 0.1) is 0 Å². The highest BCUT2D eigenvalue weighted by atomic mass is 35.5. The average Bonchev–Trinajstić information content (AvgIpc) is 2.60. The van der Waals surface area contributed by atoms with Gasteiger partial charge < -0.3 is 0 Å². The van der Waals surface area contributed by atoms with Crippen molar-refractivity contribution in [2.45, 2.75) is 5.88 Å². The zero-order valence-electron chi connectivity index (χ0n) is 12.1. The third-order valence-corrected chi connectivity index (χ3v) is 4.46. The monoisotopic (exact) mass is 302 g/mol. The van der Waals surface area contributed by atoms with Gasteiger partial charge in [-0.15, -0.1) is 11.6 Å². The first-order valence-corrected chi connectivity index (χ1v) is 7.95. The number of hydrogen-bond donors (Lipinski definition) is 0. The van der Waals surface area contributed by atoms with E-state index in [0.29, 0.717) is 5.88 Å². The van der Waals surface area contributed by atoms with Gasteiger partial charge in [0.25, 0.3) is 0 Å². The van der Waals surface area contributed by atoms with Gasteiger partial charge in [0.15, 0.2) is 0 Å². The first-order chi connectivity index (χ1) is 10.8. The van der Waals surface area contributed by atoms with E-state index in [1.54, 1.807) is 0 Å². The van der Waals surface area contributed by atoms with Crippen molar-refractivity contribution in [3.63, 3.8) is 0 Å². The van der Waals surface area contributed by atoms with Crippen molar-refractivity contribution < 1.29 is 0 Å². The molecule has 0 atom stereocenters. The van der Waals surface area contributed by atoms with Crippen LogP contribution in [0.5, 0.6) is 0 Å². The summed E-state index contributed by atoms with van der Waals surface area (Å²) >= 11 is 6.20. The van der Waals surface area contributed by atoms with E-state index in [1.807, 2.05) is 0 Å². The van der Waals surface area contributed by atoms with E-state index in [1.165, 1.54) is 38.2 Å². The van der Waals surface area contributed by atoms with Gasteiger partial charge in [-0.3, -0.25) is 0 Å². The van der Waals surface area contributed by atoms with E-state index >= 15 is 0 Å². The summed E-state index contributed by atoms with van der Waals surface area (Å²) in [5.41, 5.74) is 3.62. The smallest absolute Gasteiger partial charge is 0.0480 e. The summed E-state index contributed by atoms with van der Waals surface area (Å²) in [5.74, 6) is 0.521. The predicted octanol–water partition coefficient (Wildman–Crippen LogP) is 6.40. The molecule has 0 aliphatic rings. The van der Waals surface area contributed by atoms with Crippen molar-refractivity contribution in [3.8, 4) is 11.1 Å². The van der Waals surface area contributed by atoms with Gasteiger partial charge in [0, 0.05) is 5.88 Å². The van der Waals surface area contributed by atoms with Gasteiger partial charge in [-0.25, -0.2) is 0 Å². The molecular weight excluding hydrogens is 288 g/mol. The van der Waals surface area contributed by atoms with E-state index in [0.717, 1.165) is 0 Å². The molecule has 0 heterocycles. The van der Waals surface area contributed by atoms with Crippen LogP contribution >= 0.6 is 11.6 Å². The highest BCUT2D eigenvalue weighted by Crippen LogP contribution is 2.31. The molecule has 4 aromatic rings. The molecule has 106 valence electrons. The Morgan fingerprint density at radius 3 is 1.86 bits per heavy atom. The Morgan fingerprint density at radius 1 is 0.591 bits per heavy atom. The number of fused-ring (bicyclic) bond motifs is 2. The Hall–Kier alpha value is -2.31. The second-order valence-electron chi connectivity index (χ2n) is 5.55. The second kappa shape index (κ2) is 5.47. The van der Waals surface area contributed by atoms with Gasteiger partial charge in [-0.05, 0) is 56.4 Å². The molecule has 0 bridgehead atoms. The van der Waals surface area contributed by atoms with Crippen molar-refractivity contribution in [1.82, 2.24) is 0 Å². The first-order valence-electron chi connectivity index (χ1n) is 7.42. The van der Waals surface area contributed by atoms with Gasteiger partial charge in [0.2, 0.25) is 0 Å². The third kappa shape index (κ3) is 2.26. The second-order valence-corrected chi connectivity index (χ2v) is 5.82. The van der Waals surface area contributed by atoms with Crippen LogP contribution in [0.3, 0.4) is 0 Å². The van der Waals surface area contributed by atoms with Gasteiger partial charge >= 0.3 is 0 Å². The summed E-state index contributed by atoms with van der Waals surface area (Å²) in [6.45, 7) is 0. The fraction of sp³-hybridized carbons (Fsp3) is 0.0476. The van der Waals surface area contributed by atoms with Crippen LogP contribution in [0.2, 0.25) is 0 Å². The largest absolute Gasteiger partial charge is 0.122 e. The van der Waals surface area contributed by atoms with E-state index in [2.05, 4.69) is 78.9 Å². The quantitative estimate of drug-likeness (QED) is 0.376. The number of alkyl halides is 1. The van der Waals surface area contributed by atoms with Crippen LogP contribution in [0.4, 0.5) is 0 Å². The highest BCUT2D eigenvalue weighted by Gasteiger charge is 2.07. The molecule has 0 N–H and O–H groups in total. The van der Waals surface area contributed by atoms with E-state index in [9.17, 15) is 0 Å². The van der Waals surface area contributed by atoms with Gasteiger partial charge in [-0.2, -0.15) is 0 Å². The van der Waals surface area contributed by atoms with Crippen molar-refractivity contribution in [3.05, 3.63) is 84.4 Å². The van der Waals surface area contributed by atoms with Gasteiger partial charge in [0.1, 0.15) is 0 Å². The molecule has 1 heteroatoms. The molecule has 0 saturated heterocycles. The summed E-state index contributed by atoms with van der Waals surface area (Å²) in [4.78, 5) is 0. The van der Waals surface area contributed by atoms with Crippen molar-refractivity contribution in [2.24, 2.45) is 0 Å². The Bertz CT molecular complexity index is 970. The first kappa shape index (κ1) is 13.4. The maximum atomic E-state index is 6.20. The lowest BCUT2D eigenvalue weighted by molar-refractivity contribution is 1.42. The molecule has 0 aliphatic carbocycles. The van der Waals surface area contributed by atoms with Crippen molar-refractivity contribution >= 4 is 33.1 Å². The van der Waals surface area contributed by atoms with E-state index in [-0.39, 0.29) is 0 Å². The molecule has 0 unspecified atom stereocenters. The number of benzene rings is 4. The Labute approximate surface area is 135 Å². The SMILES string of the molecule is ClCc1cc2ccccc2cc1-c1ccc2ccccc2c1. The van der Waals surface area contributed by atoms with Crippen LogP contribution in [0.1, 0.15) is 5.56 Å². The maximum absolute atomic E-state index is 6.20. The minimum atomic E-state index is 0.521. The lowest BCUT2D eigenvalue weighted by Crippen LogP contribution is -1.88. The normalized spacial score (nSPS) is 11.1. The molecule has 4 aromatic carbocycles. The molecule has 0 saturated carbocycles. The topological polar surface area (TPSA) is 0 Å². The number of halogens is 1. The molecule has 0 aliphatic heterocycles. The predicted molar refractivity (Wildman–Crippen MR) is 96.4 cm³/mol. The molecule has 4 rings (SSSR count). The van der Waals surface area contributed by atoms with Crippen molar-refractivity contribution in [1.29, 1.82) is 0 Å². The Balaban J connectivity index is 1.97. The number of hydrogen-bond acceptors (Lipinski definition) is 0. The fourth-order valence-corrected chi connectivity index (χ4v) is 3.24. The third-order valence-electron chi connectivity index (χ3n) is 4.18. The van der Waals surface area contributed by atoms with Crippen LogP contribution in [-0.4, -0.2) is 0 Å². The standard InChI is InChI=1S/C21H15Cl/c22-14-20-12-17-7-3-4-8-18(17)13-21(20)19-10-9-15-5-1-2-6-16(15)11-19/h1-13H,14H2. The summed E-state index contributed by atoms with van der Waals surface area (Å²) in [7, 11) is 0. The van der Waals surface area contributed by atoms with E-state index in [4.69, 9.17) is 11.6 Å². The summed E-state index contributed by atoms with van der Waals surface area (Å²) in [6, 6.07) is 27.9.